The maximum absolute atomic E-state index is 11.7. The number of alkyl halides is 1. The van der Waals surface area contributed by atoms with Crippen molar-refractivity contribution in [2.24, 2.45) is 11.8 Å². The molecule has 1 saturated carbocycles. The molecule has 0 aromatic carbocycles. The van der Waals surface area contributed by atoms with Crippen LogP contribution in [-0.4, -0.2) is 6.67 Å². The van der Waals surface area contributed by atoms with Gasteiger partial charge >= 0.3 is 0 Å². The molecule has 54 valence electrons. The summed E-state index contributed by atoms with van der Waals surface area (Å²) < 4.78 is 11.7. The van der Waals surface area contributed by atoms with E-state index >= 15 is 0 Å². The predicted octanol–water partition coefficient (Wildman–Crippen LogP) is 2.78. The summed E-state index contributed by atoms with van der Waals surface area (Å²) >= 11 is 0. The van der Waals surface area contributed by atoms with Crippen LogP contribution in [0.4, 0.5) is 4.39 Å². The van der Waals surface area contributed by atoms with E-state index in [9.17, 15) is 4.39 Å². The van der Waals surface area contributed by atoms with Crippen molar-refractivity contribution in [1.82, 2.24) is 0 Å². The van der Waals surface area contributed by atoms with Crippen molar-refractivity contribution in [3.63, 3.8) is 0 Å². The quantitative estimate of drug-likeness (QED) is 0.549. The van der Waals surface area contributed by atoms with Crippen LogP contribution in [0.15, 0.2) is 0 Å². The van der Waals surface area contributed by atoms with Crippen molar-refractivity contribution in [2.45, 2.75) is 32.6 Å². The van der Waals surface area contributed by atoms with Gasteiger partial charge in [-0.1, -0.05) is 19.8 Å². The third-order valence-corrected chi connectivity index (χ3v) is 2.21. The largest absolute Gasteiger partial charge is 0.251 e. The lowest BCUT2D eigenvalue weighted by molar-refractivity contribution is 0.439. The van der Waals surface area contributed by atoms with Crippen molar-refractivity contribution in [1.29, 1.82) is 0 Å². The first-order chi connectivity index (χ1) is 4.38. The lowest BCUT2D eigenvalue weighted by Gasteiger charge is -1.91. The zero-order chi connectivity index (χ0) is 6.69. The molecule has 9 heavy (non-hydrogen) atoms. The molecule has 0 heterocycles. The highest BCUT2D eigenvalue weighted by Crippen LogP contribution is 2.44. The fourth-order valence-corrected chi connectivity index (χ4v) is 1.53. The molecular weight excluding hydrogens is 115 g/mol. The van der Waals surface area contributed by atoms with Gasteiger partial charge in [-0.2, -0.15) is 0 Å². The summed E-state index contributed by atoms with van der Waals surface area (Å²) in [6, 6.07) is 0. The Balaban J connectivity index is 1.96. The first-order valence-electron chi connectivity index (χ1n) is 3.94. The number of rotatable bonds is 4. The summed E-state index contributed by atoms with van der Waals surface area (Å²) in [6.45, 7) is 2.09. The van der Waals surface area contributed by atoms with Crippen molar-refractivity contribution >= 4 is 0 Å². The lowest BCUT2D eigenvalue weighted by atomic mass is 10.2. The van der Waals surface area contributed by atoms with Crippen molar-refractivity contribution in [3.8, 4) is 0 Å². The van der Waals surface area contributed by atoms with Gasteiger partial charge in [0.15, 0.2) is 0 Å². The normalized spacial score (nSPS) is 32.7. The SMILES string of the molecule is CCCC1CC1CCF. The highest BCUT2D eigenvalue weighted by molar-refractivity contribution is 4.85. The number of hydrogen-bond donors (Lipinski definition) is 0. The molecule has 0 bridgehead atoms. The molecule has 0 radical (unpaired) electrons. The van der Waals surface area contributed by atoms with Gasteiger partial charge in [0.2, 0.25) is 0 Å². The first kappa shape index (κ1) is 7.04. The van der Waals surface area contributed by atoms with Gasteiger partial charge in [0.25, 0.3) is 0 Å². The van der Waals surface area contributed by atoms with E-state index in [1.165, 1.54) is 19.3 Å². The summed E-state index contributed by atoms with van der Waals surface area (Å²) in [5.74, 6) is 1.65. The molecule has 0 N–H and O–H groups in total. The molecule has 0 nitrogen and oxygen atoms in total. The van der Waals surface area contributed by atoms with Gasteiger partial charge in [0.05, 0.1) is 6.67 Å². The third-order valence-electron chi connectivity index (χ3n) is 2.21. The number of halogens is 1. The Labute approximate surface area is 56.5 Å². The minimum Gasteiger partial charge on any atom is -0.251 e. The molecule has 2 atom stereocenters. The molecule has 1 aliphatic rings. The molecule has 0 amide bonds. The third kappa shape index (κ3) is 1.96. The molecule has 0 aromatic heterocycles. The van der Waals surface area contributed by atoms with E-state index in [4.69, 9.17) is 0 Å². The highest BCUT2D eigenvalue weighted by atomic mass is 19.1. The summed E-state index contributed by atoms with van der Waals surface area (Å²) in [7, 11) is 0. The van der Waals surface area contributed by atoms with E-state index in [0.29, 0.717) is 0 Å². The van der Waals surface area contributed by atoms with Crippen LogP contribution in [0, 0.1) is 11.8 Å². The van der Waals surface area contributed by atoms with Crippen molar-refractivity contribution in [2.75, 3.05) is 6.67 Å². The smallest absolute Gasteiger partial charge is 0.0897 e. The van der Waals surface area contributed by atoms with Gasteiger partial charge in [-0.25, -0.2) is 0 Å². The monoisotopic (exact) mass is 130 g/mol. The zero-order valence-electron chi connectivity index (χ0n) is 6.07. The van der Waals surface area contributed by atoms with Gasteiger partial charge < -0.3 is 0 Å². The highest BCUT2D eigenvalue weighted by Gasteiger charge is 2.34. The van der Waals surface area contributed by atoms with Crippen LogP contribution >= 0.6 is 0 Å². The molecule has 0 aromatic rings. The molecule has 0 saturated heterocycles. The fourth-order valence-electron chi connectivity index (χ4n) is 1.53. The van der Waals surface area contributed by atoms with Crippen molar-refractivity contribution < 1.29 is 4.39 Å². The molecule has 1 rings (SSSR count). The van der Waals surface area contributed by atoms with Crippen molar-refractivity contribution in [3.05, 3.63) is 0 Å². The molecule has 1 heteroatoms. The van der Waals surface area contributed by atoms with E-state index in [2.05, 4.69) is 6.92 Å². The fraction of sp³-hybridized carbons (Fsp3) is 1.00. The Morgan fingerprint density at radius 2 is 2.00 bits per heavy atom. The summed E-state index contributed by atoms with van der Waals surface area (Å²) in [6.07, 6.45) is 4.72. The molecule has 0 aliphatic heterocycles. The molecule has 0 spiro atoms. The standard InChI is InChI=1S/C8H15F/c1-2-3-7-6-8(7)4-5-9/h7-8H,2-6H2,1H3. The maximum Gasteiger partial charge on any atom is 0.0897 e. The van der Waals surface area contributed by atoms with Gasteiger partial charge in [-0.3, -0.25) is 4.39 Å². The average Bonchev–Trinajstić information content (AvgIpc) is 2.50. The van der Waals surface area contributed by atoms with E-state index in [1.54, 1.807) is 0 Å². The molecule has 2 unspecified atom stereocenters. The maximum atomic E-state index is 11.7. The summed E-state index contributed by atoms with van der Waals surface area (Å²) in [5, 5.41) is 0. The van der Waals surface area contributed by atoms with Crippen LogP contribution in [-0.2, 0) is 0 Å². The minimum atomic E-state index is -0.106. The van der Waals surface area contributed by atoms with Crippen LogP contribution in [0.3, 0.4) is 0 Å². The van der Waals surface area contributed by atoms with Gasteiger partial charge in [0, 0.05) is 0 Å². The Morgan fingerprint density at radius 1 is 1.33 bits per heavy atom. The van der Waals surface area contributed by atoms with Crippen LogP contribution in [0.25, 0.3) is 0 Å². The second-order valence-electron chi connectivity index (χ2n) is 3.02. The van der Waals surface area contributed by atoms with Crippen LogP contribution in [0.5, 0.6) is 0 Å². The zero-order valence-corrected chi connectivity index (χ0v) is 6.07. The van der Waals surface area contributed by atoms with Crippen LogP contribution < -0.4 is 0 Å². The van der Waals surface area contributed by atoms with Gasteiger partial charge in [-0.15, -0.1) is 0 Å². The predicted molar refractivity (Wildman–Crippen MR) is 37.1 cm³/mol. The van der Waals surface area contributed by atoms with E-state index in [-0.39, 0.29) is 6.67 Å². The first-order valence-corrected chi connectivity index (χ1v) is 3.94. The second kappa shape index (κ2) is 3.19. The number of hydrogen-bond acceptors (Lipinski definition) is 0. The Morgan fingerprint density at radius 3 is 2.56 bits per heavy atom. The summed E-state index contributed by atoms with van der Waals surface area (Å²) in [4.78, 5) is 0. The molecular formula is C8H15F. The summed E-state index contributed by atoms with van der Waals surface area (Å²) in [5.41, 5.74) is 0. The Kier molecular flexibility index (Phi) is 2.49. The minimum absolute atomic E-state index is 0.106. The van der Waals surface area contributed by atoms with E-state index in [1.807, 2.05) is 0 Å². The topological polar surface area (TPSA) is 0 Å². The Hall–Kier alpha value is -0.0700. The van der Waals surface area contributed by atoms with Crippen LogP contribution in [0.2, 0.25) is 0 Å². The Bertz CT molecular complexity index is 70.6. The molecule has 1 fully saturated rings. The van der Waals surface area contributed by atoms with Gasteiger partial charge in [-0.05, 0) is 24.7 Å². The van der Waals surface area contributed by atoms with E-state index < -0.39 is 0 Å². The second-order valence-corrected chi connectivity index (χ2v) is 3.02. The molecule has 1 aliphatic carbocycles. The van der Waals surface area contributed by atoms with Gasteiger partial charge in [0.1, 0.15) is 0 Å². The van der Waals surface area contributed by atoms with E-state index in [0.717, 1.165) is 18.3 Å². The average molecular weight is 130 g/mol. The van der Waals surface area contributed by atoms with Crippen LogP contribution in [0.1, 0.15) is 32.6 Å². The lowest BCUT2D eigenvalue weighted by Crippen LogP contribution is -1.83.